The normalized spacial score (nSPS) is 12.8. The second-order valence-electron chi connectivity index (χ2n) is 16.5. The molecule has 0 N–H and O–H groups in total. The summed E-state index contributed by atoms with van der Waals surface area (Å²) in [5, 5.41) is 0. The van der Waals surface area contributed by atoms with E-state index in [1.807, 2.05) is 21.6 Å². The van der Waals surface area contributed by atoms with Gasteiger partial charge in [-0.25, -0.2) is 0 Å². The SMILES string of the molecule is CC(C)COCc1cc(C(C)(C)C)cc(COCC(C)C)c1SSc1c(COCC(C)C)cc(C(C)(C)C)cc1COCC(C)C. The van der Waals surface area contributed by atoms with Gasteiger partial charge in [-0.05, 0) is 67.9 Å². The largest absolute Gasteiger partial charge is 0.376 e. The highest BCUT2D eigenvalue weighted by molar-refractivity contribution is 8.76. The van der Waals surface area contributed by atoms with E-state index in [2.05, 4.69) is 121 Å². The molecule has 0 amide bonds. The molecule has 0 unspecified atom stereocenters. The molecule has 0 aliphatic heterocycles. The van der Waals surface area contributed by atoms with Crippen molar-refractivity contribution in [2.45, 2.75) is 144 Å². The molecule has 2 aromatic carbocycles. The van der Waals surface area contributed by atoms with Crippen LogP contribution in [-0.4, -0.2) is 26.4 Å². The van der Waals surface area contributed by atoms with Crippen molar-refractivity contribution in [1.82, 2.24) is 0 Å². The second-order valence-corrected chi connectivity index (χ2v) is 18.7. The van der Waals surface area contributed by atoms with E-state index in [4.69, 9.17) is 18.9 Å². The van der Waals surface area contributed by atoms with E-state index in [1.54, 1.807) is 0 Å². The summed E-state index contributed by atoms with van der Waals surface area (Å²) in [6, 6.07) is 9.43. The minimum absolute atomic E-state index is 0.0145. The van der Waals surface area contributed by atoms with Crippen molar-refractivity contribution >= 4 is 21.6 Å². The van der Waals surface area contributed by atoms with Crippen LogP contribution in [0.4, 0.5) is 0 Å². The van der Waals surface area contributed by atoms with Gasteiger partial charge in [-0.3, -0.25) is 0 Å². The molecule has 2 aromatic rings. The maximum Gasteiger partial charge on any atom is 0.0728 e. The molecule has 0 aliphatic carbocycles. The highest BCUT2D eigenvalue weighted by Crippen LogP contribution is 2.46. The summed E-state index contributed by atoms with van der Waals surface area (Å²) in [5.41, 5.74) is 7.58. The van der Waals surface area contributed by atoms with Gasteiger partial charge in [0, 0.05) is 36.2 Å². The molecular formula is C40H66O4S2. The van der Waals surface area contributed by atoms with Gasteiger partial charge in [0.15, 0.2) is 0 Å². The molecule has 0 fully saturated rings. The lowest BCUT2D eigenvalue weighted by Gasteiger charge is -2.26. The third-order valence-corrected chi connectivity index (χ3v) is 9.98. The van der Waals surface area contributed by atoms with Crippen molar-refractivity contribution in [1.29, 1.82) is 0 Å². The predicted octanol–water partition coefficient (Wildman–Crippen LogP) is 11.8. The van der Waals surface area contributed by atoms with Crippen LogP contribution in [0.1, 0.15) is 130 Å². The van der Waals surface area contributed by atoms with Gasteiger partial charge in [0.25, 0.3) is 0 Å². The van der Waals surface area contributed by atoms with E-state index in [9.17, 15) is 0 Å². The van der Waals surface area contributed by atoms with Crippen molar-refractivity contribution in [3.05, 3.63) is 57.6 Å². The molecular weight excluding hydrogens is 609 g/mol. The fraction of sp³-hybridized carbons (Fsp3) is 0.700. The lowest BCUT2D eigenvalue weighted by atomic mass is 9.85. The molecule has 46 heavy (non-hydrogen) atoms. The van der Waals surface area contributed by atoms with Gasteiger partial charge in [-0.2, -0.15) is 0 Å². The van der Waals surface area contributed by atoms with E-state index >= 15 is 0 Å². The third-order valence-electron chi connectivity index (χ3n) is 7.26. The Morgan fingerprint density at radius 3 is 0.826 bits per heavy atom. The lowest BCUT2D eigenvalue weighted by molar-refractivity contribution is 0.0906. The minimum Gasteiger partial charge on any atom is -0.376 e. The maximum absolute atomic E-state index is 6.29. The van der Waals surface area contributed by atoms with Crippen LogP contribution < -0.4 is 0 Å². The second kappa shape index (κ2) is 19.2. The Hall–Kier alpha value is -1.02. The summed E-state index contributed by atoms with van der Waals surface area (Å²) >= 11 is 0. The topological polar surface area (TPSA) is 36.9 Å². The van der Waals surface area contributed by atoms with Crippen LogP contribution in [0.2, 0.25) is 0 Å². The molecule has 0 saturated heterocycles. The van der Waals surface area contributed by atoms with Gasteiger partial charge in [0.05, 0.1) is 26.4 Å². The monoisotopic (exact) mass is 674 g/mol. The molecule has 6 heteroatoms. The molecule has 2 rings (SSSR count). The van der Waals surface area contributed by atoms with Gasteiger partial charge in [-0.1, -0.05) is 143 Å². The Labute approximate surface area is 291 Å². The molecule has 0 atom stereocenters. The van der Waals surface area contributed by atoms with Crippen molar-refractivity contribution in [3.8, 4) is 0 Å². The van der Waals surface area contributed by atoms with Crippen molar-refractivity contribution in [2.75, 3.05) is 26.4 Å². The Kier molecular flexibility index (Phi) is 17.2. The molecule has 0 heterocycles. The van der Waals surface area contributed by atoms with Crippen LogP contribution in [0.5, 0.6) is 0 Å². The molecule has 0 spiro atoms. The fourth-order valence-corrected chi connectivity index (χ4v) is 7.57. The van der Waals surface area contributed by atoms with Crippen LogP contribution in [0.15, 0.2) is 34.1 Å². The van der Waals surface area contributed by atoms with Crippen molar-refractivity contribution in [2.24, 2.45) is 23.7 Å². The summed E-state index contributed by atoms with van der Waals surface area (Å²) in [6.07, 6.45) is 0. The van der Waals surface area contributed by atoms with Gasteiger partial charge < -0.3 is 18.9 Å². The van der Waals surface area contributed by atoms with Gasteiger partial charge >= 0.3 is 0 Å². The number of hydrogen-bond acceptors (Lipinski definition) is 6. The summed E-state index contributed by atoms with van der Waals surface area (Å²) in [6.45, 7) is 36.6. The molecule has 0 bridgehead atoms. The zero-order chi connectivity index (χ0) is 34.7. The third kappa shape index (κ3) is 14.6. The summed E-state index contributed by atoms with van der Waals surface area (Å²) < 4.78 is 25.1. The Balaban J connectivity index is 2.66. The average molecular weight is 675 g/mol. The van der Waals surface area contributed by atoms with E-state index < -0.39 is 0 Å². The highest BCUT2D eigenvalue weighted by Gasteiger charge is 2.23. The predicted molar refractivity (Wildman–Crippen MR) is 200 cm³/mol. The highest BCUT2D eigenvalue weighted by atomic mass is 33.1. The summed E-state index contributed by atoms with van der Waals surface area (Å²) in [4.78, 5) is 2.49. The Morgan fingerprint density at radius 1 is 0.435 bits per heavy atom. The summed E-state index contributed by atoms with van der Waals surface area (Å²) in [5.74, 6) is 1.92. The van der Waals surface area contributed by atoms with E-state index in [-0.39, 0.29) is 10.8 Å². The van der Waals surface area contributed by atoms with Gasteiger partial charge in [-0.15, -0.1) is 0 Å². The number of benzene rings is 2. The van der Waals surface area contributed by atoms with Crippen molar-refractivity contribution < 1.29 is 18.9 Å². The Morgan fingerprint density at radius 2 is 0.652 bits per heavy atom. The zero-order valence-electron chi connectivity index (χ0n) is 31.7. The number of rotatable bonds is 19. The van der Waals surface area contributed by atoms with E-state index in [1.165, 1.54) is 43.2 Å². The smallest absolute Gasteiger partial charge is 0.0728 e. The number of hydrogen-bond donors (Lipinski definition) is 0. The standard InChI is InChI=1S/C40H66O4S2/c1-27(2)19-41-23-31-15-35(39(9,10)11)16-32(24-42-20-28(3)4)37(31)45-46-38-33(25-43-21-29(5)6)17-36(40(12,13)14)18-34(38)26-44-22-30(7)8/h15-18,27-30H,19-26H2,1-14H3. The molecule has 0 radical (unpaired) electrons. The first-order valence-corrected chi connectivity index (χ1v) is 19.5. The van der Waals surface area contributed by atoms with E-state index in [0.717, 1.165) is 26.4 Å². The fourth-order valence-electron chi connectivity index (χ4n) is 4.72. The maximum atomic E-state index is 6.29. The van der Waals surface area contributed by atoms with Crippen LogP contribution in [-0.2, 0) is 56.2 Å². The average Bonchev–Trinajstić information content (AvgIpc) is 2.91. The molecule has 0 saturated carbocycles. The van der Waals surface area contributed by atoms with Gasteiger partial charge in [0.2, 0.25) is 0 Å². The zero-order valence-corrected chi connectivity index (χ0v) is 33.4. The Bertz CT molecular complexity index is 1030. The first-order valence-electron chi connectivity index (χ1n) is 17.4. The lowest BCUT2D eigenvalue weighted by Crippen LogP contribution is -2.15. The van der Waals surface area contributed by atoms with Crippen LogP contribution in [0, 0.1) is 23.7 Å². The summed E-state index contributed by atoms with van der Waals surface area (Å²) in [7, 11) is 3.66. The first-order chi connectivity index (χ1) is 21.4. The quantitative estimate of drug-likeness (QED) is 0.138. The molecule has 262 valence electrons. The van der Waals surface area contributed by atoms with E-state index in [0.29, 0.717) is 50.1 Å². The first kappa shape index (κ1) is 41.2. The van der Waals surface area contributed by atoms with Crippen molar-refractivity contribution in [3.63, 3.8) is 0 Å². The minimum atomic E-state index is 0.0145. The molecule has 4 nitrogen and oxygen atoms in total. The van der Waals surface area contributed by atoms with Crippen LogP contribution in [0.3, 0.4) is 0 Å². The number of ether oxygens (including phenoxy) is 4. The van der Waals surface area contributed by atoms with Gasteiger partial charge in [0.1, 0.15) is 0 Å². The molecule has 0 aliphatic rings. The van der Waals surface area contributed by atoms with Crippen LogP contribution in [0.25, 0.3) is 0 Å². The molecule has 0 aromatic heterocycles. The van der Waals surface area contributed by atoms with Crippen LogP contribution >= 0.6 is 21.6 Å².